The van der Waals surface area contributed by atoms with Crippen molar-refractivity contribution in [2.45, 2.75) is 51.3 Å². The minimum atomic E-state index is -4.56. The number of halogens is 4. The van der Waals surface area contributed by atoms with Gasteiger partial charge in [-0.1, -0.05) is 12.1 Å². The van der Waals surface area contributed by atoms with Crippen LogP contribution in [0.1, 0.15) is 45.0 Å². The number of hydrogen-bond donors (Lipinski definition) is 2. The highest BCUT2D eigenvalue weighted by molar-refractivity contribution is 6.62. The molecule has 0 amide bonds. The molecule has 1 fully saturated rings. The van der Waals surface area contributed by atoms with Gasteiger partial charge in [-0.05, 0) is 51.4 Å². The average Bonchev–Trinajstić information content (AvgIpc) is 2.82. The second-order valence-corrected chi connectivity index (χ2v) is 7.84. The Bertz CT molecular complexity index is 889. The lowest BCUT2D eigenvalue weighted by atomic mass is 9.78. The molecule has 0 saturated carbocycles. The SMILES string of the molecule is CC1(C)OB(c2ccc(C(O)Nc3cc(C(F)(F)F)ccn3)c(F)c2)OC1(C)C. The maximum Gasteiger partial charge on any atom is 0.494 e. The molecule has 2 aromatic rings. The number of nitrogens with one attached hydrogen (secondary N) is 1. The Kier molecular flexibility index (Phi) is 5.40. The van der Waals surface area contributed by atoms with E-state index in [1.54, 1.807) is 0 Å². The van der Waals surface area contributed by atoms with E-state index in [4.69, 9.17) is 9.31 Å². The Morgan fingerprint density at radius 3 is 2.24 bits per heavy atom. The van der Waals surface area contributed by atoms with Crippen LogP contribution in [0.15, 0.2) is 36.5 Å². The van der Waals surface area contributed by atoms with Crippen molar-refractivity contribution in [3.8, 4) is 0 Å². The van der Waals surface area contributed by atoms with Crippen LogP contribution in [0, 0.1) is 5.82 Å². The zero-order valence-electron chi connectivity index (χ0n) is 16.3. The molecule has 0 aliphatic carbocycles. The van der Waals surface area contributed by atoms with Crippen LogP contribution in [0.3, 0.4) is 0 Å². The molecule has 5 nitrogen and oxygen atoms in total. The molecule has 0 radical (unpaired) electrons. The third kappa shape index (κ3) is 4.39. The second-order valence-electron chi connectivity index (χ2n) is 7.84. The molecular weight excluding hydrogens is 391 g/mol. The molecule has 0 bridgehead atoms. The number of alkyl halides is 3. The van der Waals surface area contributed by atoms with Crippen molar-refractivity contribution >= 4 is 18.4 Å². The highest BCUT2D eigenvalue weighted by Gasteiger charge is 2.51. The van der Waals surface area contributed by atoms with Gasteiger partial charge in [-0.3, -0.25) is 0 Å². The van der Waals surface area contributed by atoms with Crippen LogP contribution in [-0.4, -0.2) is 28.4 Å². The van der Waals surface area contributed by atoms with E-state index in [2.05, 4.69) is 10.3 Å². The van der Waals surface area contributed by atoms with E-state index in [-0.39, 0.29) is 11.4 Å². The van der Waals surface area contributed by atoms with Crippen molar-refractivity contribution in [3.63, 3.8) is 0 Å². The van der Waals surface area contributed by atoms with Crippen LogP contribution in [0.25, 0.3) is 0 Å². The third-order valence-electron chi connectivity index (χ3n) is 5.22. The number of nitrogens with zero attached hydrogens (tertiary/aromatic N) is 1. The van der Waals surface area contributed by atoms with E-state index in [1.807, 2.05) is 27.7 Å². The normalized spacial score (nSPS) is 19.3. The van der Waals surface area contributed by atoms with Gasteiger partial charge in [-0.15, -0.1) is 0 Å². The Morgan fingerprint density at radius 2 is 1.69 bits per heavy atom. The average molecular weight is 412 g/mol. The van der Waals surface area contributed by atoms with Crippen LogP contribution < -0.4 is 10.8 Å². The number of aliphatic hydroxyl groups is 1. The first-order valence-electron chi connectivity index (χ1n) is 8.93. The van der Waals surface area contributed by atoms with Crippen molar-refractivity contribution in [1.82, 2.24) is 4.98 Å². The molecule has 0 spiro atoms. The van der Waals surface area contributed by atoms with Gasteiger partial charge >= 0.3 is 13.3 Å². The van der Waals surface area contributed by atoms with E-state index < -0.39 is 42.1 Å². The Balaban J connectivity index is 1.77. The van der Waals surface area contributed by atoms with Crippen LogP contribution in [0.2, 0.25) is 0 Å². The number of pyridine rings is 1. The zero-order valence-corrected chi connectivity index (χ0v) is 16.3. The van der Waals surface area contributed by atoms with E-state index in [0.29, 0.717) is 5.46 Å². The Hall–Kier alpha value is -2.17. The number of aliphatic hydroxyl groups excluding tert-OH is 1. The van der Waals surface area contributed by atoms with Gasteiger partial charge in [0.25, 0.3) is 0 Å². The van der Waals surface area contributed by atoms with Gasteiger partial charge in [0.05, 0.1) is 16.8 Å². The number of benzene rings is 1. The topological polar surface area (TPSA) is 63.6 Å². The summed E-state index contributed by atoms with van der Waals surface area (Å²) in [5.41, 5.74) is -1.84. The minimum Gasteiger partial charge on any atom is -0.399 e. The molecule has 1 aliphatic heterocycles. The van der Waals surface area contributed by atoms with Gasteiger partial charge in [0.15, 0.2) is 6.23 Å². The fourth-order valence-electron chi connectivity index (χ4n) is 2.79. The summed E-state index contributed by atoms with van der Waals surface area (Å²) in [4.78, 5) is 3.73. The van der Waals surface area contributed by atoms with Gasteiger partial charge in [-0.25, -0.2) is 9.37 Å². The number of rotatable bonds is 4. The van der Waals surface area contributed by atoms with Crippen LogP contribution in [0.4, 0.5) is 23.4 Å². The van der Waals surface area contributed by atoms with Gasteiger partial charge in [0.1, 0.15) is 11.6 Å². The zero-order chi connectivity index (χ0) is 21.6. The lowest BCUT2D eigenvalue weighted by Gasteiger charge is -2.32. The van der Waals surface area contributed by atoms with Crippen LogP contribution in [-0.2, 0) is 15.5 Å². The van der Waals surface area contributed by atoms with Crippen LogP contribution in [0.5, 0.6) is 0 Å². The summed E-state index contributed by atoms with van der Waals surface area (Å²) in [7, 11) is -0.779. The van der Waals surface area contributed by atoms with Crippen molar-refractivity contribution < 1.29 is 32.0 Å². The summed E-state index contributed by atoms with van der Waals surface area (Å²) >= 11 is 0. The molecule has 1 saturated heterocycles. The molecule has 3 rings (SSSR count). The molecule has 2 N–H and O–H groups in total. The standard InChI is InChI=1S/C19H21BF4N2O3/c1-17(2)18(3,4)29-20(28-17)12-5-6-13(14(21)10-12)16(27)26-15-9-11(7-8-25-15)19(22,23)24/h5-10,16,27H,1-4H3,(H,25,26). The number of hydrogen-bond acceptors (Lipinski definition) is 5. The summed E-state index contributed by atoms with van der Waals surface area (Å²) in [5, 5.41) is 12.6. The summed E-state index contributed by atoms with van der Waals surface area (Å²) < 4.78 is 64.7. The molecule has 156 valence electrons. The molecule has 1 unspecified atom stereocenters. The molecule has 1 atom stereocenters. The van der Waals surface area contributed by atoms with Crippen LogP contribution >= 0.6 is 0 Å². The maximum absolute atomic E-state index is 14.6. The van der Waals surface area contributed by atoms with E-state index >= 15 is 0 Å². The minimum absolute atomic E-state index is 0.149. The van der Waals surface area contributed by atoms with Gasteiger partial charge in [0.2, 0.25) is 0 Å². The molecule has 29 heavy (non-hydrogen) atoms. The highest BCUT2D eigenvalue weighted by Crippen LogP contribution is 2.36. The summed E-state index contributed by atoms with van der Waals surface area (Å²) in [6.45, 7) is 7.47. The quantitative estimate of drug-likeness (QED) is 0.456. The fraction of sp³-hybridized carbons (Fsp3) is 0.421. The molecule has 10 heteroatoms. The van der Waals surface area contributed by atoms with E-state index in [1.165, 1.54) is 18.2 Å². The predicted octanol–water partition coefficient (Wildman–Crippen LogP) is 3.64. The predicted molar refractivity (Wildman–Crippen MR) is 99.9 cm³/mol. The second kappa shape index (κ2) is 7.26. The molecule has 1 aromatic carbocycles. The first kappa shape index (κ1) is 21.5. The monoisotopic (exact) mass is 412 g/mol. The lowest BCUT2D eigenvalue weighted by Crippen LogP contribution is -2.41. The largest absolute Gasteiger partial charge is 0.494 e. The Labute approximate surface area is 166 Å². The Morgan fingerprint density at radius 1 is 1.07 bits per heavy atom. The molecule has 1 aliphatic rings. The van der Waals surface area contributed by atoms with Gasteiger partial charge in [-0.2, -0.15) is 13.2 Å². The van der Waals surface area contributed by atoms with Crippen molar-refractivity contribution in [3.05, 3.63) is 53.5 Å². The molecular formula is C19H21BF4N2O3. The smallest absolute Gasteiger partial charge is 0.399 e. The summed E-state index contributed by atoms with van der Waals surface area (Å²) in [6, 6.07) is 5.56. The maximum atomic E-state index is 14.6. The van der Waals surface area contributed by atoms with Gasteiger partial charge in [0, 0.05) is 11.8 Å². The number of anilines is 1. The fourth-order valence-corrected chi connectivity index (χ4v) is 2.79. The molecule has 2 heterocycles. The first-order valence-corrected chi connectivity index (χ1v) is 8.93. The lowest BCUT2D eigenvalue weighted by molar-refractivity contribution is -0.137. The van der Waals surface area contributed by atoms with E-state index in [0.717, 1.165) is 18.3 Å². The first-order chi connectivity index (χ1) is 13.3. The molecule has 1 aromatic heterocycles. The van der Waals surface area contributed by atoms with Crippen molar-refractivity contribution in [2.24, 2.45) is 0 Å². The van der Waals surface area contributed by atoms with Gasteiger partial charge < -0.3 is 19.7 Å². The van der Waals surface area contributed by atoms with E-state index in [9.17, 15) is 22.7 Å². The summed E-state index contributed by atoms with van der Waals surface area (Å²) in [5.74, 6) is -0.994. The number of aromatic nitrogens is 1. The summed E-state index contributed by atoms with van der Waals surface area (Å²) in [6.07, 6.45) is -5.20. The van der Waals surface area contributed by atoms with Crippen molar-refractivity contribution in [2.75, 3.05) is 5.32 Å². The highest BCUT2D eigenvalue weighted by atomic mass is 19.4. The third-order valence-corrected chi connectivity index (χ3v) is 5.22. The van der Waals surface area contributed by atoms with Crippen molar-refractivity contribution in [1.29, 1.82) is 0 Å².